The number of carbonyl (C=O) groups excluding carboxylic acids is 2. The predicted molar refractivity (Wildman–Crippen MR) is 77.1 cm³/mol. The normalized spacial score (nSPS) is 10.8. The minimum atomic E-state index is -0.262. The lowest BCUT2D eigenvalue weighted by Gasteiger charge is -2.02. The Morgan fingerprint density at radius 2 is 2.00 bits per heavy atom. The van der Waals surface area contributed by atoms with Crippen molar-refractivity contribution in [3.05, 3.63) is 41.2 Å². The lowest BCUT2D eigenvalue weighted by molar-refractivity contribution is -0.142. The molecule has 2 rings (SSSR count). The lowest BCUT2D eigenvalue weighted by Crippen LogP contribution is -2.08. The first-order valence-corrected chi connectivity index (χ1v) is 6.87. The van der Waals surface area contributed by atoms with Crippen LogP contribution in [0.15, 0.2) is 24.4 Å². The number of hydrogen-bond donors (Lipinski definition) is 0. The molecule has 4 nitrogen and oxygen atoms in total. The third-order valence-corrected chi connectivity index (χ3v) is 3.43. The van der Waals surface area contributed by atoms with Crippen molar-refractivity contribution in [2.45, 2.75) is 33.6 Å². The second-order valence-electron chi connectivity index (χ2n) is 4.67. The first-order valence-electron chi connectivity index (χ1n) is 6.87. The van der Waals surface area contributed by atoms with E-state index in [1.54, 1.807) is 6.92 Å². The summed E-state index contributed by atoms with van der Waals surface area (Å²) in [6.45, 7) is 5.89. The molecule has 0 unspecified atom stereocenters. The molecule has 0 amide bonds. The number of fused-ring (bicyclic) bond motifs is 1. The van der Waals surface area contributed by atoms with Crippen LogP contribution in [0.1, 0.15) is 41.9 Å². The van der Waals surface area contributed by atoms with Crippen LogP contribution >= 0.6 is 0 Å². The highest BCUT2D eigenvalue weighted by molar-refractivity contribution is 5.98. The van der Waals surface area contributed by atoms with E-state index in [0.29, 0.717) is 18.7 Å². The van der Waals surface area contributed by atoms with Crippen molar-refractivity contribution in [3.8, 4) is 0 Å². The van der Waals surface area contributed by atoms with E-state index in [0.717, 1.165) is 16.6 Å². The Morgan fingerprint density at radius 3 is 2.65 bits per heavy atom. The maximum Gasteiger partial charge on any atom is 0.310 e. The predicted octanol–water partition coefficient (Wildman–Crippen LogP) is 2.95. The summed E-state index contributed by atoms with van der Waals surface area (Å²) in [5, 5.41) is 0. The summed E-state index contributed by atoms with van der Waals surface area (Å²) in [5.74, 6) is -0.179. The number of esters is 1. The Labute approximate surface area is 118 Å². The van der Waals surface area contributed by atoms with Crippen molar-refractivity contribution in [2.75, 3.05) is 6.61 Å². The Morgan fingerprint density at radius 1 is 1.25 bits per heavy atom. The highest BCUT2D eigenvalue weighted by Gasteiger charge is 2.20. The Bertz CT molecular complexity index is 655. The molecule has 0 saturated carbocycles. The van der Waals surface area contributed by atoms with Gasteiger partial charge < -0.3 is 9.14 Å². The van der Waals surface area contributed by atoms with Gasteiger partial charge in [-0.05, 0) is 37.1 Å². The molecule has 2 heterocycles. The third kappa shape index (κ3) is 2.46. The zero-order chi connectivity index (χ0) is 14.7. The number of hydrogen-bond acceptors (Lipinski definition) is 3. The molecule has 106 valence electrons. The molecule has 20 heavy (non-hydrogen) atoms. The van der Waals surface area contributed by atoms with Gasteiger partial charge in [0.1, 0.15) is 0 Å². The molecule has 0 bridgehead atoms. The van der Waals surface area contributed by atoms with E-state index in [2.05, 4.69) is 0 Å². The Kier molecular flexibility index (Phi) is 4.23. The number of Topliss-reactive ketones (excluding diaryl/α,β-unsaturated/α-hetero) is 1. The topological polar surface area (TPSA) is 47.8 Å². The number of ether oxygens (including phenoxy) is 1. The highest BCUT2D eigenvalue weighted by Crippen LogP contribution is 2.25. The number of ketones is 1. The summed E-state index contributed by atoms with van der Waals surface area (Å²) in [6, 6.07) is 5.71. The SMILES string of the molecule is CCOC(=O)Cc1c(C)c(C(=O)CC)n2ccccc12. The Balaban J connectivity index is 2.57. The van der Waals surface area contributed by atoms with Crippen LogP contribution in [0.3, 0.4) is 0 Å². The first kappa shape index (κ1) is 14.3. The summed E-state index contributed by atoms with van der Waals surface area (Å²) in [4.78, 5) is 23.9. The van der Waals surface area contributed by atoms with Crippen LogP contribution in [-0.4, -0.2) is 22.8 Å². The van der Waals surface area contributed by atoms with Crippen molar-refractivity contribution >= 4 is 17.3 Å². The van der Waals surface area contributed by atoms with Gasteiger partial charge in [0.05, 0.1) is 18.7 Å². The number of pyridine rings is 1. The van der Waals surface area contributed by atoms with Crippen LogP contribution in [0.4, 0.5) is 0 Å². The summed E-state index contributed by atoms with van der Waals surface area (Å²) in [5.41, 5.74) is 3.31. The first-order chi connectivity index (χ1) is 9.60. The fourth-order valence-corrected chi connectivity index (χ4v) is 2.49. The summed E-state index contributed by atoms with van der Waals surface area (Å²) in [7, 11) is 0. The van der Waals surface area contributed by atoms with E-state index in [1.807, 2.05) is 42.6 Å². The monoisotopic (exact) mass is 273 g/mol. The van der Waals surface area contributed by atoms with Gasteiger partial charge in [-0.3, -0.25) is 9.59 Å². The molecule has 0 saturated heterocycles. The average Bonchev–Trinajstić information content (AvgIpc) is 2.71. The molecule has 0 N–H and O–H groups in total. The second kappa shape index (κ2) is 5.90. The van der Waals surface area contributed by atoms with E-state index in [-0.39, 0.29) is 18.2 Å². The van der Waals surface area contributed by atoms with E-state index in [4.69, 9.17) is 4.74 Å². The second-order valence-corrected chi connectivity index (χ2v) is 4.67. The number of rotatable bonds is 5. The molecule has 4 heteroatoms. The quantitative estimate of drug-likeness (QED) is 0.621. The molecule has 0 aliphatic rings. The van der Waals surface area contributed by atoms with Crippen molar-refractivity contribution < 1.29 is 14.3 Å². The zero-order valence-corrected chi connectivity index (χ0v) is 12.1. The standard InChI is InChI=1S/C16H19NO3/c1-4-14(18)16-11(3)12(10-15(19)20-5-2)13-8-6-7-9-17(13)16/h6-9H,4-5,10H2,1-3H3. The lowest BCUT2D eigenvalue weighted by atomic mass is 10.1. The van der Waals surface area contributed by atoms with Crippen molar-refractivity contribution in [1.82, 2.24) is 4.40 Å². The van der Waals surface area contributed by atoms with Gasteiger partial charge in [-0.2, -0.15) is 0 Å². The van der Waals surface area contributed by atoms with E-state index in [1.165, 1.54) is 0 Å². The van der Waals surface area contributed by atoms with Gasteiger partial charge in [0.25, 0.3) is 0 Å². The van der Waals surface area contributed by atoms with E-state index < -0.39 is 0 Å². The summed E-state index contributed by atoms with van der Waals surface area (Å²) < 4.78 is 6.88. The van der Waals surface area contributed by atoms with Crippen LogP contribution in [0.5, 0.6) is 0 Å². The van der Waals surface area contributed by atoms with Crippen LogP contribution < -0.4 is 0 Å². The highest BCUT2D eigenvalue weighted by atomic mass is 16.5. The smallest absolute Gasteiger partial charge is 0.310 e. The van der Waals surface area contributed by atoms with E-state index >= 15 is 0 Å². The molecule has 0 aromatic carbocycles. The van der Waals surface area contributed by atoms with Crippen molar-refractivity contribution in [2.24, 2.45) is 0 Å². The molecule has 2 aromatic rings. The van der Waals surface area contributed by atoms with Gasteiger partial charge in [-0.15, -0.1) is 0 Å². The van der Waals surface area contributed by atoms with Crippen LogP contribution in [-0.2, 0) is 16.0 Å². The van der Waals surface area contributed by atoms with Crippen LogP contribution in [0, 0.1) is 6.92 Å². The van der Waals surface area contributed by atoms with Crippen molar-refractivity contribution in [3.63, 3.8) is 0 Å². The van der Waals surface area contributed by atoms with Gasteiger partial charge >= 0.3 is 5.97 Å². The van der Waals surface area contributed by atoms with Gasteiger partial charge in [0, 0.05) is 18.1 Å². The van der Waals surface area contributed by atoms with Gasteiger partial charge in [0.2, 0.25) is 0 Å². The molecule has 0 atom stereocenters. The average molecular weight is 273 g/mol. The third-order valence-electron chi connectivity index (χ3n) is 3.43. The molecule has 0 aliphatic heterocycles. The molecule has 0 spiro atoms. The molecular formula is C16H19NO3. The fraction of sp³-hybridized carbons (Fsp3) is 0.375. The zero-order valence-electron chi connectivity index (χ0n) is 12.1. The number of carbonyl (C=O) groups is 2. The Hall–Kier alpha value is -2.10. The fourth-order valence-electron chi connectivity index (χ4n) is 2.49. The number of aromatic nitrogens is 1. The summed E-state index contributed by atoms with van der Waals surface area (Å²) >= 11 is 0. The number of nitrogens with zero attached hydrogens (tertiary/aromatic N) is 1. The molecular weight excluding hydrogens is 254 g/mol. The molecule has 0 aliphatic carbocycles. The van der Waals surface area contributed by atoms with E-state index in [9.17, 15) is 9.59 Å². The van der Waals surface area contributed by atoms with Gasteiger partial charge in [0.15, 0.2) is 5.78 Å². The minimum Gasteiger partial charge on any atom is -0.466 e. The maximum absolute atomic E-state index is 12.1. The van der Waals surface area contributed by atoms with Gasteiger partial charge in [-0.1, -0.05) is 13.0 Å². The van der Waals surface area contributed by atoms with Gasteiger partial charge in [-0.25, -0.2) is 0 Å². The molecule has 0 radical (unpaired) electrons. The molecule has 0 fully saturated rings. The van der Waals surface area contributed by atoms with Crippen LogP contribution in [0.25, 0.3) is 5.52 Å². The maximum atomic E-state index is 12.1. The van der Waals surface area contributed by atoms with Crippen LogP contribution in [0.2, 0.25) is 0 Å². The molecule has 2 aromatic heterocycles. The minimum absolute atomic E-state index is 0.0822. The largest absolute Gasteiger partial charge is 0.466 e. The van der Waals surface area contributed by atoms with Crippen molar-refractivity contribution in [1.29, 1.82) is 0 Å². The summed E-state index contributed by atoms with van der Waals surface area (Å²) in [6.07, 6.45) is 2.50.